The Labute approximate surface area is 238 Å². The van der Waals surface area contributed by atoms with E-state index in [0.717, 1.165) is 37.7 Å². The molecule has 1 saturated heterocycles. The second kappa shape index (κ2) is 8.99. The maximum Gasteiger partial charge on any atom is 0.219 e. The summed E-state index contributed by atoms with van der Waals surface area (Å²) in [4.78, 5) is 14.2. The highest BCUT2D eigenvalue weighted by atomic mass is 19.1. The van der Waals surface area contributed by atoms with Crippen molar-refractivity contribution in [1.29, 1.82) is 0 Å². The van der Waals surface area contributed by atoms with Gasteiger partial charge in [0, 0.05) is 26.1 Å². The average molecular weight is 556 g/mol. The molecule has 1 aliphatic heterocycles. The lowest BCUT2D eigenvalue weighted by atomic mass is 9.46. The third-order valence-electron chi connectivity index (χ3n) is 13.8. The number of ether oxygens (including phenoxy) is 1. The number of aliphatic hydroxyl groups excluding tert-OH is 1. The lowest BCUT2D eigenvalue weighted by molar-refractivity contribution is -0.140. The maximum absolute atomic E-state index is 13.8. The number of hydrogen-bond donors (Lipinski definition) is 1. The molecule has 7 rings (SSSR count). The number of amides is 1. The van der Waals surface area contributed by atoms with E-state index in [1.807, 2.05) is 0 Å². The van der Waals surface area contributed by atoms with E-state index in [1.165, 1.54) is 57.6 Å². The lowest BCUT2D eigenvalue weighted by Gasteiger charge is -2.59. The van der Waals surface area contributed by atoms with Crippen LogP contribution in [0.1, 0.15) is 97.5 Å². The quantitative estimate of drug-likeness (QED) is 0.441. The first-order chi connectivity index (χ1) is 18.9. The number of carbonyl (C=O) groups is 1. The van der Waals surface area contributed by atoms with Crippen LogP contribution in [0.25, 0.3) is 0 Å². The zero-order valence-corrected chi connectivity index (χ0v) is 24.7. The van der Waals surface area contributed by atoms with Crippen LogP contribution in [0.4, 0.5) is 8.78 Å². The van der Waals surface area contributed by atoms with Crippen molar-refractivity contribution in [3.63, 3.8) is 0 Å². The van der Waals surface area contributed by atoms with Gasteiger partial charge in [-0.3, -0.25) is 4.79 Å². The highest BCUT2D eigenvalue weighted by Gasteiger charge is 2.80. The van der Waals surface area contributed by atoms with Gasteiger partial charge in [-0.05, 0) is 127 Å². The third kappa shape index (κ3) is 3.76. The second-order valence-corrected chi connectivity index (χ2v) is 15.6. The summed E-state index contributed by atoms with van der Waals surface area (Å²) in [6.45, 7) is 9.41. The van der Waals surface area contributed by atoms with Crippen LogP contribution in [-0.2, 0) is 16.1 Å². The van der Waals surface area contributed by atoms with Crippen LogP contribution in [0.15, 0.2) is 18.2 Å². The molecule has 6 aliphatic rings. The van der Waals surface area contributed by atoms with E-state index < -0.39 is 11.6 Å². The van der Waals surface area contributed by atoms with Crippen molar-refractivity contribution in [2.45, 2.75) is 117 Å². The predicted octanol–water partition coefficient (Wildman–Crippen LogP) is 6.88. The molecule has 6 fully saturated rings. The summed E-state index contributed by atoms with van der Waals surface area (Å²) >= 11 is 0. The van der Waals surface area contributed by atoms with Crippen LogP contribution in [-0.4, -0.2) is 40.8 Å². The molecule has 0 bridgehead atoms. The summed E-state index contributed by atoms with van der Waals surface area (Å²) in [5, 5.41) is 10.9. The van der Waals surface area contributed by atoms with Crippen LogP contribution < -0.4 is 0 Å². The van der Waals surface area contributed by atoms with Gasteiger partial charge in [-0.15, -0.1) is 0 Å². The number of halogens is 2. The number of nitrogens with zero attached hydrogens (tertiary/aromatic N) is 1. The molecule has 1 aromatic rings. The minimum Gasteiger partial charge on any atom is -0.393 e. The highest BCUT2D eigenvalue weighted by Crippen LogP contribution is 2.87. The van der Waals surface area contributed by atoms with Gasteiger partial charge in [0.2, 0.25) is 5.91 Å². The Morgan fingerprint density at radius 1 is 0.950 bits per heavy atom. The van der Waals surface area contributed by atoms with Crippen LogP contribution in [0.2, 0.25) is 0 Å². The van der Waals surface area contributed by atoms with E-state index >= 15 is 0 Å². The van der Waals surface area contributed by atoms with Crippen LogP contribution in [0, 0.1) is 57.0 Å². The average Bonchev–Trinajstić information content (AvgIpc) is 3.46. The Bertz CT molecular complexity index is 1180. The fourth-order valence-corrected chi connectivity index (χ4v) is 11.9. The Hall–Kier alpha value is -1.53. The molecule has 40 heavy (non-hydrogen) atoms. The summed E-state index contributed by atoms with van der Waals surface area (Å²) in [6, 6.07) is 3.48. The SMILES string of the molecule is CC(=O)N(Cc1cc(F)cc(F)c1)CC1CCC2C(CC3C4CCC5C(C)(C)[C@@H](O)CCC56C[C@@]46CCC23C)O1. The maximum atomic E-state index is 13.8. The highest BCUT2D eigenvalue weighted by molar-refractivity contribution is 5.73. The summed E-state index contributed by atoms with van der Waals surface area (Å²) < 4.78 is 34.4. The van der Waals surface area contributed by atoms with Crippen molar-refractivity contribution in [1.82, 2.24) is 4.90 Å². The van der Waals surface area contributed by atoms with Crippen LogP contribution in [0.3, 0.4) is 0 Å². The molecule has 2 spiro atoms. The molecule has 0 radical (unpaired) electrons. The molecule has 1 amide bonds. The van der Waals surface area contributed by atoms with E-state index in [-0.39, 0.29) is 36.2 Å². The molecule has 5 aliphatic carbocycles. The van der Waals surface area contributed by atoms with Gasteiger partial charge in [0.1, 0.15) is 11.6 Å². The molecular weight excluding hydrogens is 508 g/mol. The Morgan fingerprint density at radius 2 is 1.68 bits per heavy atom. The number of aliphatic hydroxyl groups is 1. The van der Waals surface area contributed by atoms with Gasteiger partial charge in [0.25, 0.3) is 0 Å². The molecule has 10 atom stereocenters. The first kappa shape index (κ1) is 27.3. The summed E-state index contributed by atoms with van der Waals surface area (Å²) in [7, 11) is 0. The molecule has 220 valence electrons. The normalized spacial score (nSPS) is 46.3. The van der Waals surface area contributed by atoms with Gasteiger partial charge in [0.05, 0.1) is 18.3 Å². The summed E-state index contributed by atoms with van der Waals surface area (Å²) in [6.07, 6.45) is 12.0. The van der Waals surface area contributed by atoms with E-state index in [4.69, 9.17) is 4.74 Å². The minimum atomic E-state index is -0.616. The van der Waals surface area contributed by atoms with Crippen LogP contribution >= 0.6 is 0 Å². The molecule has 0 aromatic heterocycles. The van der Waals surface area contributed by atoms with Gasteiger partial charge >= 0.3 is 0 Å². The van der Waals surface area contributed by atoms with E-state index in [2.05, 4.69) is 20.8 Å². The van der Waals surface area contributed by atoms with Crippen molar-refractivity contribution in [3.8, 4) is 0 Å². The number of fused-ring (bicyclic) bond motifs is 4. The fourth-order valence-electron chi connectivity index (χ4n) is 11.9. The van der Waals surface area contributed by atoms with Crippen molar-refractivity contribution in [2.24, 2.45) is 45.3 Å². The van der Waals surface area contributed by atoms with E-state index in [1.54, 1.807) is 4.90 Å². The van der Waals surface area contributed by atoms with Crippen molar-refractivity contribution >= 4 is 5.91 Å². The lowest BCUT2D eigenvalue weighted by Crippen LogP contribution is -2.54. The molecule has 5 saturated carbocycles. The number of rotatable bonds is 4. The summed E-state index contributed by atoms with van der Waals surface area (Å²) in [5.41, 5.74) is 1.75. The predicted molar refractivity (Wildman–Crippen MR) is 149 cm³/mol. The number of carbonyl (C=O) groups excluding carboxylic acids is 1. The Balaban J connectivity index is 1.06. The topological polar surface area (TPSA) is 49.8 Å². The molecule has 1 heterocycles. The summed E-state index contributed by atoms with van der Waals surface area (Å²) in [5.74, 6) is 1.37. The van der Waals surface area contributed by atoms with Crippen molar-refractivity contribution in [3.05, 3.63) is 35.4 Å². The zero-order chi connectivity index (χ0) is 28.2. The fraction of sp³-hybridized carbons (Fsp3) is 0.794. The van der Waals surface area contributed by atoms with Crippen molar-refractivity contribution in [2.75, 3.05) is 6.54 Å². The first-order valence-corrected chi connectivity index (χ1v) is 15.9. The van der Waals surface area contributed by atoms with Crippen LogP contribution in [0.5, 0.6) is 0 Å². The van der Waals surface area contributed by atoms with Crippen molar-refractivity contribution < 1.29 is 23.4 Å². The molecule has 8 unspecified atom stereocenters. The Kier molecular flexibility index (Phi) is 6.14. The molecule has 1 N–H and O–H groups in total. The first-order valence-electron chi connectivity index (χ1n) is 15.9. The van der Waals surface area contributed by atoms with Gasteiger partial charge in [0.15, 0.2) is 0 Å². The van der Waals surface area contributed by atoms with Gasteiger partial charge in [-0.25, -0.2) is 8.78 Å². The molecule has 1 aromatic carbocycles. The number of benzene rings is 1. The second-order valence-electron chi connectivity index (χ2n) is 15.6. The monoisotopic (exact) mass is 555 g/mol. The molecule has 6 heteroatoms. The molecular formula is C34H47F2NO3. The minimum absolute atomic E-state index is 0.0212. The zero-order valence-electron chi connectivity index (χ0n) is 24.7. The Morgan fingerprint density at radius 3 is 2.40 bits per heavy atom. The largest absolute Gasteiger partial charge is 0.393 e. The smallest absolute Gasteiger partial charge is 0.219 e. The van der Waals surface area contributed by atoms with Gasteiger partial charge < -0.3 is 14.7 Å². The van der Waals surface area contributed by atoms with Gasteiger partial charge in [-0.1, -0.05) is 20.8 Å². The third-order valence-corrected chi connectivity index (χ3v) is 13.8. The molecule has 4 nitrogen and oxygen atoms in total. The van der Waals surface area contributed by atoms with E-state index in [0.29, 0.717) is 46.1 Å². The van der Waals surface area contributed by atoms with Gasteiger partial charge in [-0.2, -0.15) is 0 Å². The van der Waals surface area contributed by atoms with E-state index in [9.17, 15) is 18.7 Å². The standard InChI is InChI=1S/C34H47F2NO3/c1-20(38)37(17-21-13-22(35)15-23(36)14-21)18-24-5-6-26-28(40-24)16-27-25-7-8-29-31(2,3)30(39)9-10-34(29)19-33(25,34)12-11-32(26,27)4/h13-15,24-30,39H,5-12,16-19H2,1-4H3/t24?,25?,26?,27?,28?,29?,30-,32?,33-,34?/m0/s1. The number of hydrogen-bond acceptors (Lipinski definition) is 3.